The number of anilines is 2. The van der Waals surface area contributed by atoms with Crippen molar-refractivity contribution in [3.05, 3.63) is 48.5 Å². The predicted molar refractivity (Wildman–Crippen MR) is 115 cm³/mol. The summed E-state index contributed by atoms with van der Waals surface area (Å²) in [5.41, 5.74) is 1.52. The zero-order valence-corrected chi connectivity index (χ0v) is 17.1. The number of rotatable bonds is 10. The van der Waals surface area contributed by atoms with E-state index in [0.717, 1.165) is 48.7 Å². The van der Waals surface area contributed by atoms with Gasteiger partial charge in [0.25, 0.3) is 0 Å². The molecule has 156 valence electrons. The molecule has 2 aromatic carbocycles. The number of hydrogen-bond acceptors (Lipinski definition) is 5. The first-order valence-electron chi connectivity index (χ1n) is 10.3. The Kier molecular flexibility index (Phi) is 7.76. The van der Waals surface area contributed by atoms with Crippen LogP contribution in [0.2, 0.25) is 0 Å². The largest absolute Gasteiger partial charge is 0.491 e. The molecule has 1 saturated heterocycles. The highest BCUT2D eigenvalue weighted by molar-refractivity contribution is 5.94. The van der Waals surface area contributed by atoms with E-state index in [1.165, 1.54) is 0 Å². The fourth-order valence-electron chi connectivity index (χ4n) is 3.01. The van der Waals surface area contributed by atoms with Crippen LogP contribution in [0.5, 0.6) is 11.5 Å². The molecule has 0 radical (unpaired) electrons. The molecule has 0 bridgehead atoms. The topological polar surface area (TPSA) is 68.8 Å². The first-order valence-corrected chi connectivity index (χ1v) is 10.3. The Bertz CT molecular complexity index is 773. The number of ether oxygens (including phenoxy) is 3. The van der Waals surface area contributed by atoms with E-state index in [0.29, 0.717) is 6.61 Å². The number of nitrogens with one attached hydrogen (secondary N) is 2. The normalized spacial score (nSPS) is 16.8. The van der Waals surface area contributed by atoms with Gasteiger partial charge in [0.05, 0.1) is 24.4 Å². The second-order valence-electron chi connectivity index (χ2n) is 7.21. The third-order valence-electron chi connectivity index (χ3n) is 4.83. The van der Waals surface area contributed by atoms with E-state index >= 15 is 0 Å². The van der Waals surface area contributed by atoms with Crippen molar-refractivity contribution in [2.45, 2.75) is 45.3 Å². The minimum absolute atomic E-state index is 0.130. The van der Waals surface area contributed by atoms with Crippen LogP contribution in [0.4, 0.5) is 11.4 Å². The summed E-state index contributed by atoms with van der Waals surface area (Å²) in [4.78, 5) is 12.3. The van der Waals surface area contributed by atoms with Crippen LogP contribution >= 0.6 is 0 Å². The van der Waals surface area contributed by atoms with Crippen LogP contribution in [0.25, 0.3) is 0 Å². The average Bonchev–Trinajstić information content (AvgIpc) is 3.26. The van der Waals surface area contributed by atoms with Gasteiger partial charge in [-0.15, -0.1) is 0 Å². The molecule has 2 unspecified atom stereocenters. The maximum Gasteiger partial charge on any atom is 0.243 e. The highest BCUT2D eigenvalue weighted by atomic mass is 16.5. The molecule has 1 aliphatic heterocycles. The van der Waals surface area contributed by atoms with Crippen LogP contribution in [-0.2, 0) is 9.53 Å². The molecule has 1 heterocycles. The minimum Gasteiger partial charge on any atom is -0.491 e. The molecule has 1 amide bonds. The summed E-state index contributed by atoms with van der Waals surface area (Å²) in [5, 5.41) is 6.04. The van der Waals surface area contributed by atoms with Gasteiger partial charge in [-0.25, -0.2) is 0 Å². The molecule has 1 fully saturated rings. The Morgan fingerprint density at radius 3 is 2.72 bits per heavy atom. The van der Waals surface area contributed by atoms with Crippen LogP contribution < -0.4 is 20.1 Å². The van der Waals surface area contributed by atoms with Gasteiger partial charge in [0.15, 0.2) is 0 Å². The van der Waals surface area contributed by atoms with Gasteiger partial charge < -0.3 is 24.8 Å². The standard InChI is InChI=1S/C23H30N2O4/c1-3-17(2)29-19-12-10-18(11-13-19)25-23(26)15-24-21-8-4-5-9-22(21)28-16-20-7-6-14-27-20/h4-5,8-13,17,20,24H,3,6-7,14-16H2,1-2H3,(H,25,26). The third kappa shape index (κ3) is 6.68. The number of hydrogen-bond donors (Lipinski definition) is 2. The van der Waals surface area contributed by atoms with Gasteiger partial charge in [-0.05, 0) is 62.6 Å². The van der Waals surface area contributed by atoms with Gasteiger partial charge in [0, 0.05) is 12.3 Å². The second-order valence-corrected chi connectivity index (χ2v) is 7.21. The minimum atomic E-state index is -0.130. The van der Waals surface area contributed by atoms with Gasteiger partial charge >= 0.3 is 0 Å². The molecule has 29 heavy (non-hydrogen) atoms. The van der Waals surface area contributed by atoms with Gasteiger partial charge in [-0.3, -0.25) is 4.79 Å². The summed E-state index contributed by atoms with van der Waals surface area (Å²) in [6.45, 7) is 5.59. The van der Waals surface area contributed by atoms with Gasteiger partial charge in [-0.2, -0.15) is 0 Å². The van der Waals surface area contributed by atoms with E-state index in [2.05, 4.69) is 17.6 Å². The third-order valence-corrected chi connectivity index (χ3v) is 4.83. The maximum atomic E-state index is 12.3. The molecule has 1 aliphatic rings. The summed E-state index contributed by atoms with van der Waals surface area (Å²) >= 11 is 0. The Balaban J connectivity index is 1.47. The van der Waals surface area contributed by atoms with E-state index in [-0.39, 0.29) is 24.7 Å². The number of amides is 1. The van der Waals surface area contributed by atoms with Crippen LogP contribution in [0, 0.1) is 0 Å². The molecule has 6 nitrogen and oxygen atoms in total. The van der Waals surface area contributed by atoms with Crippen LogP contribution in [0.3, 0.4) is 0 Å². The van der Waals surface area contributed by atoms with Crippen LogP contribution in [-0.4, -0.2) is 37.9 Å². The number of para-hydroxylation sites is 2. The lowest BCUT2D eigenvalue weighted by molar-refractivity contribution is -0.114. The van der Waals surface area contributed by atoms with Gasteiger partial charge in [-0.1, -0.05) is 19.1 Å². The Morgan fingerprint density at radius 2 is 2.00 bits per heavy atom. The monoisotopic (exact) mass is 398 g/mol. The summed E-state index contributed by atoms with van der Waals surface area (Å²) in [5.74, 6) is 1.39. The molecule has 2 N–H and O–H groups in total. The zero-order valence-electron chi connectivity index (χ0n) is 17.1. The number of benzene rings is 2. The molecule has 0 aromatic heterocycles. The lowest BCUT2D eigenvalue weighted by atomic mass is 10.2. The fraction of sp³-hybridized carbons (Fsp3) is 0.435. The van der Waals surface area contributed by atoms with E-state index in [1.54, 1.807) is 0 Å². The van der Waals surface area contributed by atoms with E-state index in [4.69, 9.17) is 14.2 Å². The first kappa shape index (κ1) is 21.0. The second kappa shape index (κ2) is 10.7. The Morgan fingerprint density at radius 1 is 1.21 bits per heavy atom. The number of carbonyl (C=O) groups is 1. The van der Waals surface area contributed by atoms with Gasteiger partial charge in [0.2, 0.25) is 5.91 Å². The van der Waals surface area contributed by atoms with Crippen molar-refractivity contribution in [3.63, 3.8) is 0 Å². The molecule has 2 atom stereocenters. The van der Waals surface area contributed by atoms with Crippen molar-refractivity contribution in [2.75, 3.05) is 30.4 Å². The molecule has 0 spiro atoms. The van der Waals surface area contributed by atoms with E-state index < -0.39 is 0 Å². The van der Waals surface area contributed by atoms with Crippen molar-refractivity contribution in [1.82, 2.24) is 0 Å². The van der Waals surface area contributed by atoms with Crippen LogP contribution in [0.15, 0.2) is 48.5 Å². The fourth-order valence-corrected chi connectivity index (χ4v) is 3.01. The van der Waals surface area contributed by atoms with Crippen molar-refractivity contribution in [2.24, 2.45) is 0 Å². The van der Waals surface area contributed by atoms with Crippen molar-refractivity contribution >= 4 is 17.3 Å². The Labute approximate surface area is 172 Å². The molecular formula is C23H30N2O4. The van der Waals surface area contributed by atoms with Crippen LogP contribution in [0.1, 0.15) is 33.1 Å². The maximum absolute atomic E-state index is 12.3. The lowest BCUT2D eigenvalue weighted by Gasteiger charge is -2.16. The summed E-state index contributed by atoms with van der Waals surface area (Å²) in [6, 6.07) is 15.0. The first-order chi connectivity index (χ1) is 14.1. The highest BCUT2D eigenvalue weighted by Crippen LogP contribution is 2.25. The summed E-state index contributed by atoms with van der Waals surface area (Å²) in [6.07, 6.45) is 3.38. The van der Waals surface area contributed by atoms with Crippen molar-refractivity contribution in [3.8, 4) is 11.5 Å². The predicted octanol–water partition coefficient (Wildman–Crippen LogP) is 4.47. The quantitative estimate of drug-likeness (QED) is 0.618. The van der Waals surface area contributed by atoms with Crippen molar-refractivity contribution < 1.29 is 19.0 Å². The molecule has 2 aromatic rings. The Hall–Kier alpha value is -2.73. The lowest BCUT2D eigenvalue weighted by Crippen LogP contribution is -2.22. The molecular weight excluding hydrogens is 368 g/mol. The zero-order chi connectivity index (χ0) is 20.5. The number of carbonyl (C=O) groups excluding carboxylic acids is 1. The molecule has 3 rings (SSSR count). The molecule has 6 heteroatoms. The van der Waals surface area contributed by atoms with E-state index in [1.807, 2.05) is 55.5 Å². The molecule has 0 saturated carbocycles. The smallest absolute Gasteiger partial charge is 0.243 e. The summed E-state index contributed by atoms with van der Waals surface area (Å²) in [7, 11) is 0. The average molecular weight is 399 g/mol. The SMILES string of the molecule is CCC(C)Oc1ccc(NC(=O)CNc2ccccc2OCC2CCCO2)cc1. The molecule has 0 aliphatic carbocycles. The van der Waals surface area contributed by atoms with Gasteiger partial charge in [0.1, 0.15) is 18.1 Å². The van der Waals surface area contributed by atoms with Crippen molar-refractivity contribution in [1.29, 1.82) is 0 Å². The summed E-state index contributed by atoms with van der Waals surface area (Å²) < 4.78 is 17.2. The highest BCUT2D eigenvalue weighted by Gasteiger charge is 2.16. The van der Waals surface area contributed by atoms with E-state index in [9.17, 15) is 4.79 Å².